The fourth-order valence-electron chi connectivity index (χ4n) is 2.24. The molecule has 0 saturated carbocycles. The number of carbonyl (C=O) groups is 2. The second kappa shape index (κ2) is 8.76. The van der Waals surface area contributed by atoms with Crippen molar-refractivity contribution >= 4 is 11.9 Å². The molecule has 0 heterocycles. The van der Waals surface area contributed by atoms with Crippen molar-refractivity contribution in [2.45, 2.75) is 38.5 Å². The highest BCUT2D eigenvalue weighted by molar-refractivity contribution is 5.89. The third-order valence-electron chi connectivity index (χ3n) is 3.13. The summed E-state index contributed by atoms with van der Waals surface area (Å²) in [6, 6.07) is -0.388. The van der Waals surface area contributed by atoms with Crippen molar-refractivity contribution < 1.29 is 28.5 Å². The van der Waals surface area contributed by atoms with Gasteiger partial charge < -0.3 is 24.3 Å². The summed E-state index contributed by atoms with van der Waals surface area (Å²) in [5.74, 6) is -0.590. The van der Waals surface area contributed by atoms with Gasteiger partial charge in [0, 0.05) is 33.1 Å². The van der Waals surface area contributed by atoms with E-state index in [4.69, 9.17) is 18.9 Å². The zero-order chi connectivity index (χ0) is 15.8. The SMILES string of the molecule is CCOC(=O)C1=C[C@@H](OCOC)[C@H](NC(C)=O)[C@@H](OC)C1. The third-order valence-corrected chi connectivity index (χ3v) is 3.13. The summed E-state index contributed by atoms with van der Waals surface area (Å²) in [7, 11) is 3.03. The smallest absolute Gasteiger partial charge is 0.333 e. The molecule has 1 aliphatic rings. The van der Waals surface area contributed by atoms with Gasteiger partial charge in [-0.05, 0) is 13.0 Å². The molecule has 21 heavy (non-hydrogen) atoms. The number of esters is 1. The van der Waals surface area contributed by atoms with Gasteiger partial charge >= 0.3 is 5.97 Å². The molecule has 0 aromatic carbocycles. The molecule has 1 aliphatic carbocycles. The van der Waals surface area contributed by atoms with Crippen LogP contribution in [0.4, 0.5) is 0 Å². The minimum atomic E-state index is -0.521. The fraction of sp³-hybridized carbons (Fsp3) is 0.714. The van der Waals surface area contributed by atoms with Crippen LogP contribution < -0.4 is 5.32 Å². The predicted octanol–water partition coefficient (Wildman–Crippen LogP) is 0.388. The van der Waals surface area contributed by atoms with Crippen molar-refractivity contribution in [2.75, 3.05) is 27.6 Å². The summed E-state index contributed by atoms with van der Waals surface area (Å²) in [5.41, 5.74) is 0.478. The van der Waals surface area contributed by atoms with Crippen LogP contribution in [0.1, 0.15) is 20.3 Å². The lowest BCUT2D eigenvalue weighted by atomic mass is 9.89. The van der Waals surface area contributed by atoms with E-state index in [0.29, 0.717) is 18.6 Å². The van der Waals surface area contributed by atoms with Crippen LogP contribution >= 0.6 is 0 Å². The van der Waals surface area contributed by atoms with Gasteiger partial charge in [-0.25, -0.2) is 4.79 Å². The minimum Gasteiger partial charge on any atom is -0.463 e. The molecule has 0 spiro atoms. The highest BCUT2D eigenvalue weighted by Crippen LogP contribution is 2.24. The number of carbonyl (C=O) groups excluding carboxylic acids is 2. The van der Waals surface area contributed by atoms with Gasteiger partial charge in [0.05, 0.1) is 18.8 Å². The summed E-state index contributed by atoms with van der Waals surface area (Å²) in [6.45, 7) is 3.51. The number of rotatable bonds is 7. The Labute approximate surface area is 124 Å². The molecule has 1 N–H and O–H groups in total. The largest absolute Gasteiger partial charge is 0.463 e. The maximum Gasteiger partial charge on any atom is 0.333 e. The van der Waals surface area contributed by atoms with E-state index in [9.17, 15) is 9.59 Å². The minimum absolute atomic E-state index is 0.0454. The number of methoxy groups -OCH3 is 2. The summed E-state index contributed by atoms with van der Waals surface area (Å²) in [5, 5.41) is 2.79. The first-order chi connectivity index (χ1) is 10.0. The van der Waals surface area contributed by atoms with Crippen LogP contribution in [0.5, 0.6) is 0 Å². The molecule has 0 fully saturated rings. The molecule has 0 aromatic heterocycles. The highest BCUT2D eigenvalue weighted by Gasteiger charge is 2.37. The van der Waals surface area contributed by atoms with Gasteiger partial charge in [-0.1, -0.05) is 0 Å². The Hall–Kier alpha value is -1.44. The van der Waals surface area contributed by atoms with Gasteiger partial charge in [0.15, 0.2) is 0 Å². The van der Waals surface area contributed by atoms with Crippen molar-refractivity contribution in [1.82, 2.24) is 5.32 Å². The van der Waals surface area contributed by atoms with E-state index in [2.05, 4.69) is 5.32 Å². The molecule has 3 atom stereocenters. The molecule has 0 unspecified atom stereocenters. The molecule has 0 aliphatic heterocycles. The number of amides is 1. The van der Waals surface area contributed by atoms with E-state index in [1.165, 1.54) is 21.1 Å². The van der Waals surface area contributed by atoms with Gasteiger partial charge in [0.2, 0.25) is 5.91 Å². The lowest BCUT2D eigenvalue weighted by molar-refractivity contribution is -0.140. The lowest BCUT2D eigenvalue weighted by Gasteiger charge is -2.35. The molecule has 1 rings (SSSR count). The Morgan fingerprint density at radius 3 is 2.62 bits per heavy atom. The fourth-order valence-corrected chi connectivity index (χ4v) is 2.24. The zero-order valence-corrected chi connectivity index (χ0v) is 12.9. The van der Waals surface area contributed by atoms with Crippen LogP contribution in [0.2, 0.25) is 0 Å². The van der Waals surface area contributed by atoms with Gasteiger partial charge in [0.1, 0.15) is 12.9 Å². The van der Waals surface area contributed by atoms with Gasteiger partial charge in [-0.2, -0.15) is 0 Å². The second-order valence-electron chi connectivity index (χ2n) is 4.65. The Balaban J connectivity index is 2.96. The quantitative estimate of drug-likeness (QED) is 0.541. The first-order valence-corrected chi connectivity index (χ1v) is 6.81. The summed E-state index contributed by atoms with van der Waals surface area (Å²) >= 11 is 0. The molecule has 120 valence electrons. The summed E-state index contributed by atoms with van der Waals surface area (Å²) in [6.07, 6.45) is 1.12. The van der Waals surface area contributed by atoms with Crippen molar-refractivity contribution in [1.29, 1.82) is 0 Å². The third kappa shape index (κ3) is 5.11. The Morgan fingerprint density at radius 2 is 2.10 bits per heavy atom. The van der Waals surface area contributed by atoms with E-state index in [1.54, 1.807) is 13.0 Å². The second-order valence-corrected chi connectivity index (χ2v) is 4.65. The summed E-state index contributed by atoms with van der Waals surface area (Å²) < 4.78 is 20.8. The molecule has 7 nitrogen and oxygen atoms in total. The van der Waals surface area contributed by atoms with Crippen molar-refractivity contribution in [3.63, 3.8) is 0 Å². The monoisotopic (exact) mass is 301 g/mol. The first kappa shape index (κ1) is 17.6. The first-order valence-electron chi connectivity index (χ1n) is 6.81. The molecule has 0 saturated heterocycles. The topological polar surface area (TPSA) is 83.1 Å². The van der Waals surface area contributed by atoms with E-state index >= 15 is 0 Å². The number of nitrogens with one attached hydrogen (secondary N) is 1. The van der Waals surface area contributed by atoms with Crippen LogP contribution in [0.15, 0.2) is 11.6 Å². The Morgan fingerprint density at radius 1 is 1.38 bits per heavy atom. The maximum absolute atomic E-state index is 11.9. The number of ether oxygens (including phenoxy) is 4. The van der Waals surface area contributed by atoms with Gasteiger partial charge in [-0.15, -0.1) is 0 Å². The number of hydrogen-bond donors (Lipinski definition) is 1. The van der Waals surface area contributed by atoms with E-state index in [-0.39, 0.29) is 24.8 Å². The average molecular weight is 301 g/mol. The van der Waals surface area contributed by atoms with E-state index < -0.39 is 12.1 Å². The molecule has 0 bridgehead atoms. The van der Waals surface area contributed by atoms with Gasteiger partial charge in [-0.3, -0.25) is 4.79 Å². The molecule has 0 radical (unpaired) electrons. The lowest BCUT2D eigenvalue weighted by Crippen LogP contribution is -2.53. The van der Waals surface area contributed by atoms with E-state index in [1.807, 2.05) is 0 Å². The van der Waals surface area contributed by atoms with Crippen LogP contribution in [0.3, 0.4) is 0 Å². The molecule has 0 aromatic rings. The molecular formula is C14H23NO6. The Kier molecular flexibility index (Phi) is 7.35. The normalized spacial score (nSPS) is 25.1. The molecule has 1 amide bonds. The van der Waals surface area contributed by atoms with Crippen molar-refractivity contribution in [3.8, 4) is 0 Å². The van der Waals surface area contributed by atoms with E-state index in [0.717, 1.165) is 0 Å². The van der Waals surface area contributed by atoms with Crippen LogP contribution in [0.25, 0.3) is 0 Å². The number of hydrogen-bond acceptors (Lipinski definition) is 6. The highest BCUT2D eigenvalue weighted by atomic mass is 16.7. The molecular weight excluding hydrogens is 278 g/mol. The van der Waals surface area contributed by atoms with Gasteiger partial charge in [0.25, 0.3) is 0 Å². The average Bonchev–Trinajstić information content (AvgIpc) is 2.45. The zero-order valence-electron chi connectivity index (χ0n) is 12.9. The maximum atomic E-state index is 11.9. The Bertz CT molecular complexity index is 395. The summed E-state index contributed by atoms with van der Waals surface area (Å²) in [4.78, 5) is 23.2. The van der Waals surface area contributed by atoms with Crippen LogP contribution in [-0.2, 0) is 28.5 Å². The predicted molar refractivity (Wildman–Crippen MR) is 74.5 cm³/mol. The van der Waals surface area contributed by atoms with Crippen LogP contribution in [-0.4, -0.2) is 57.7 Å². The standard InChI is InChI=1S/C14H23NO6/c1-5-20-14(17)10-6-11(19-4)13(15-9(2)16)12(7-10)21-8-18-3/h7,11-13H,5-6,8H2,1-4H3,(H,15,16)/t11-,12+,13+/m0/s1. The molecule has 7 heteroatoms. The van der Waals surface area contributed by atoms with Crippen molar-refractivity contribution in [3.05, 3.63) is 11.6 Å². The van der Waals surface area contributed by atoms with Crippen molar-refractivity contribution in [2.24, 2.45) is 0 Å². The van der Waals surface area contributed by atoms with Crippen LogP contribution in [0, 0.1) is 0 Å².